The van der Waals surface area contributed by atoms with Crippen LogP contribution >= 0.6 is 0 Å². The van der Waals surface area contributed by atoms with Crippen molar-refractivity contribution in [3.63, 3.8) is 0 Å². The van der Waals surface area contributed by atoms with Crippen molar-refractivity contribution < 1.29 is 34.2 Å². The van der Waals surface area contributed by atoms with Gasteiger partial charge in [-0.2, -0.15) is 0 Å². The van der Waals surface area contributed by atoms with Crippen molar-refractivity contribution in [3.8, 4) is 11.8 Å². The Morgan fingerprint density at radius 3 is 2.02 bits per heavy atom. The van der Waals surface area contributed by atoms with Crippen LogP contribution in [0.25, 0.3) is 0 Å². The second-order valence-corrected chi connectivity index (χ2v) is 15.9. The van der Waals surface area contributed by atoms with E-state index in [1.807, 2.05) is 55.4 Å². The zero-order valence-corrected chi connectivity index (χ0v) is 27.6. The highest BCUT2D eigenvalue weighted by Gasteiger charge is 2.70. The highest BCUT2D eigenvalue weighted by molar-refractivity contribution is 6.37. The SMILES string of the molecule is CC(C)(C)[C@H](NC(=O)N[C@H](Cn1c(O)ccc1O)C(C)(C)C)C(=O)N1C[C@H]2[C@@H]([C@H]1C(=O)NC(CC1CC1)C(=O)C(N)=O)C2(C)C. The van der Waals surface area contributed by atoms with E-state index in [1.165, 1.54) is 21.6 Å². The Morgan fingerprint density at radius 2 is 1.53 bits per heavy atom. The number of piperidine rings is 1. The van der Waals surface area contributed by atoms with Crippen LogP contribution in [0.15, 0.2) is 12.1 Å². The third-order valence-electron chi connectivity index (χ3n) is 9.94. The fourth-order valence-corrected chi connectivity index (χ4v) is 6.66. The van der Waals surface area contributed by atoms with Gasteiger partial charge in [-0.15, -0.1) is 0 Å². The Kier molecular flexibility index (Phi) is 9.00. The van der Waals surface area contributed by atoms with Crippen LogP contribution in [0, 0.1) is 34.0 Å². The number of nitrogens with zero attached hydrogens (tertiary/aromatic N) is 2. The van der Waals surface area contributed by atoms with Gasteiger partial charge in [0.25, 0.3) is 5.91 Å². The second-order valence-electron chi connectivity index (χ2n) is 15.9. The first-order valence-electron chi connectivity index (χ1n) is 15.7. The molecule has 1 aliphatic heterocycles. The largest absolute Gasteiger partial charge is 0.494 e. The molecular weight excluding hydrogens is 580 g/mol. The van der Waals surface area contributed by atoms with Gasteiger partial charge in [0, 0.05) is 25.2 Å². The lowest BCUT2D eigenvalue weighted by molar-refractivity contribution is -0.145. The molecule has 250 valence electrons. The van der Waals surface area contributed by atoms with E-state index in [0.717, 1.165) is 12.8 Å². The summed E-state index contributed by atoms with van der Waals surface area (Å²) in [4.78, 5) is 67.4. The molecule has 1 unspecified atom stereocenters. The van der Waals surface area contributed by atoms with Crippen LogP contribution in [-0.2, 0) is 25.7 Å². The summed E-state index contributed by atoms with van der Waals surface area (Å²) >= 11 is 0. The Hall–Kier alpha value is -3.77. The molecule has 1 aromatic rings. The molecule has 13 nitrogen and oxygen atoms in total. The summed E-state index contributed by atoms with van der Waals surface area (Å²) in [7, 11) is 0. The monoisotopic (exact) mass is 630 g/mol. The molecule has 3 aliphatic rings. The number of carbonyl (C=O) groups excluding carboxylic acids is 5. The van der Waals surface area contributed by atoms with Crippen molar-refractivity contribution >= 4 is 29.5 Å². The molecule has 1 saturated heterocycles. The van der Waals surface area contributed by atoms with E-state index < -0.39 is 64.5 Å². The van der Waals surface area contributed by atoms with Gasteiger partial charge in [-0.25, -0.2) is 4.79 Å². The molecule has 2 heterocycles. The van der Waals surface area contributed by atoms with Gasteiger partial charge >= 0.3 is 6.03 Å². The van der Waals surface area contributed by atoms with Crippen LogP contribution in [0.1, 0.15) is 74.7 Å². The van der Waals surface area contributed by atoms with E-state index in [4.69, 9.17) is 5.73 Å². The van der Waals surface area contributed by atoms with E-state index in [1.54, 1.807) is 0 Å². The summed E-state index contributed by atoms with van der Waals surface area (Å²) in [5, 5.41) is 28.8. The van der Waals surface area contributed by atoms with E-state index in [-0.39, 0.29) is 41.5 Å². The molecule has 0 aromatic carbocycles. The van der Waals surface area contributed by atoms with E-state index >= 15 is 0 Å². The van der Waals surface area contributed by atoms with Crippen LogP contribution in [0.2, 0.25) is 0 Å². The number of rotatable bonds is 11. The van der Waals surface area contributed by atoms with Gasteiger partial charge in [0.2, 0.25) is 17.6 Å². The number of carbonyl (C=O) groups is 5. The number of aromatic nitrogens is 1. The zero-order valence-electron chi connectivity index (χ0n) is 27.6. The molecule has 13 heteroatoms. The minimum atomic E-state index is -1.11. The van der Waals surface area contributed by atoms with Gasteiger partial charge in [-0.3, -0.25) is 23.7 Å². The number of urea groups is 1. The molecule has 2 aliphatic carbocycles. The van der Waals surface area contributed by atoms with Gasteiger partial charge in [0.05, 0.1) is 12.1 Å². The summed E-state index contributed by atoms with van der Waals surface area (Å²) in [5.74, 6) is -3.03. The lowest BCUT2D eigenvalue weighted by Gasteiger charge is -2.38. The molecule has 1 aromatic heterocycles. The maximum absolute atomic E-state index is 14.3. The van der Waals surface area contributed by atoms with Crippen LogP contribution in [0.4, 0.5) is 4.79 Å². The van der Waals surface area contributed by atoms with Crippen molar-refractivity contribution in [3.05, 3.63) is 12.1 Å². The van der Waals surface area contributed by atoms with Crippen LogP contribution in [-0.4, -0.2) is 79.9 Å². The Bertz CT molecular complexity index is 1330. The maximum Gasteiger partial charge on any atom is 0.315 e. The number of primary amides is 1. The summed E-state index contributed by atoms with van der Waals surface area (Å²) in [6.45, 7) is 15.7. The van der Waals surface area contributed by atoms with Crippen LogP contribution in [0.5, 0.6) is 11.8 Å². The Morgan fingerprint density at radius 1 is 0.956 bits per heavy atom. The maximum atomic E-state index is 14.3. The predicted octanol–water partition coefficient (Wildman–Crippen LogP) is 1.85. The number of hydrogen-bond donors (Lipinski definition) is 6. The fraction of sp³-hybridized carbons (Fsp3) is 0.719. The van der Waals surface area contributed by atoms with Gasteiger partial charge in [-0.05, 0) is 40.4 Å². The quantitative estimate of drug-likeness (QED) is 0.201. The predicted molar refractivity (Wildman–Crippen MR) is 166 cm³/mol. The standard InChI is InChI=1S/C32H50N6O7/c1-30(2,3)19(15-37-20(39)11-12-21(37)40)35-29(45)36-25(31(4,5)6)28(44)38-14-17-22(32(17,7)8)23(38)27(43)34-18(13-16-9-10-16)24(41)26(33)42/h11-12,16-19,22-23,25,39-40H,9-10,13-15H2,1-8H3,(H2,33,42)(H,34,43)(H2,35,36,45)/t17-,18?,19+,22-,23-,25+/m0/s1. The van der Waals surface area contributed by atoms with Gasteiger partial charge in [0.15, 0.2) is 11.8 Å². The van der Waals surface area contributed by atoms with Gasteiger partial charge in [-0.1, -0.05) is 68.2 Å². The number of hydrogen-bond acceptors (Lipinski definition) is 7. The van der Waals surface area contributed by atoms with Crippen molar-refractivity contribution in [2.45, 2.75) is 105 Å². The van der Waals surface area contributed by atoms with E-state index in [2.05, 4.69) is 16.0 Å². The molecule has 2 saturated carbocycles. The Balaban J connectivity index is 1.53. The first-order chi connectivity index (χ1) is 20.6. The average molecular weight is 631 g/mol. The number of fused-ring (bicyclic) bond motifs is 1. The molecule has 0 bridgehead atoms. The summed E-state index contributed by atoms with van der Waals surface area (Å²) in [5.41, 5.74) is 3.85. The molecule has 0 spiro atoms. The number of nitrogens with two attached hydrogens (primary N) is 1. The highest BCUT2D eigenvalue weighted by atomic mass is 16.3. The lowest BCUT2D eigenvalue weighted by Crippen LogP contribution is -2.62. The molecule has 3 fully saturated rings. The van der Waals surface area contributed by atoms with Gasteiger partial charge < -0.3 is 36.8 Å². The second kappa shape index (κ2) is 11.9. The minimum absolute atomic E-state index is 0.0626. The number of likely N-dealkylation sites (tertiary alicyclic amines) is 1. The summed E-state index contributed by atoms with van der Waals surface area (Å²) in [6.07, 6.45) is 2.15. The normalized spacial score (nSPS) is 24.2. The van der Waals surface area contributed by atoms with Gasteiger partial charge in [0.1, 0.15) is 12.1 Å². The third-order valence-corrected chi connectivity index (χ3v) is 9.94. The third kappa shape index (κ3) is 7.22. The molecule has 5 amide bonds. The first kappa shape index (κ1) is 34.1. The number of nitrogens with one attached hydrogen (secondary N) is 3. The summed E-state index contributed by atoms with van der Waals surface area (Å²) in [6, 6.07) is -1.39. The molecule has 7 N–H and O–H groups in total. The van der Waals surface area contributed by atoms with Crippen molar-refractivity contribution in [1.82, 2.24) is 25.4 Å². The number of Topliss-reactive ketones (excluding diaryl/α,β-unsaturated/α-hetero) is 1. The average Bonchev–Trinajstić information content (AvgIpc) is 3.72. The number of amides is 5. The van der Waals surface area contributed by atoms with Crippen molar-refractivity contribution in [2.24, 2.45) is 39.7 Å². The van der Waals surface area contributed by atoms with Crippen molar-refractivity contribution in [2.75, 3.05) is 6.54 Å². The molecule has 6 atom stereocenters. The minimum Gasteiger partial charge on any atom is -0.494 e. The molecule has 4 rings (SSSR count). The fourth-order valence-electron chi connectivity index (χ4n) is 6.66. The summed E-state index contributed by atoms with van der Waals surface area (Å²) < 4.78 is 1.28. The van der Waals surface area contributed by atoms with Crippen LogP contribution in [0.3, 0.4) is 0 Å². The number of ketones is 1. The topological polar surface area (TPSA) is 196 Å². The lowest BCUT2D eigenvalue weighted by atomic mass is 9.85. The molecule has 0 radical (unpaired) electrons. The first-order valence-corrected chi connectivity index (χ1v) is 15.7. The smallest absolute Gasteiger partial charge is 0.315 e. The molecular formula is C32H50N6O7. The Labute approximate surface area is 264 Å². The highest BCUT2D eigenvalue weighted by Crippen LogP contribution is 2.65. The van der Waals surface area contributed by atoms with E-state index in [0.29, 0.717) is 13.0 Å². The zero-order chi connectivity index (χ0) is 33.8. The van der Waals surface area contributed by atoms with E-state index in [9.17, 15) is 34.2 Å². The number of aromatic hydroxyl groups is 2. The van der Waals surface area contributed by atoms with Crippen molar-refractivity contribution in [1.29, 1.82) is 0 Å². The van der Waals surface area contributed by atoms with Crippen LogP contribution < -0.4 is 21.7 Å². The molecule has 45 heavy (non-hydrogen) atoms.